The number of alkyl halides is 3. The third-order valence-electron chi connectivity index (χ3n) is 3.15. The molecular weight excluding hydrogens is 297 g/mol. The van der Waals surface area contributed by atoms with Crippen molar-refractivity contribution in [3.05, 3.63) is 47.7 Å². The van der Waals surface area contributed by atoms with E-state index in [9.17, 15) is 18.0 Å². The molecule has 3 N–H and O–H groups in total. The minimum atomic E-state index is -4.40. The van der Waals surface area contributed by atoms with Crippen LogP contribution in [0.25, 0.3) is 11.3 Å². The van der Waals surface area contributed by atoms with Gasteiger partial charge in [0.25, 0.3) is 0 Å². The summed E-state index contributed by atoms with van der Waals surface area (Å²) in [4.78, 5) is 10.9. The van der Waals surface area contributed by atoms with Gasteiger partial charge in [0.15, 0.2) is 0 Å². The highest BCUT2D eigenvalue weighted by atomic mass is 19.4. The molecule has 1 heterocycles. The first-order valence-electron chi connectivity index (χ1n) is 6.56. The standard InChI is InChI=1S/C15H15F3N2O2/c1-9(14(19)21)20-8-12-5-6-13(22-12)10-3-2-4-11(7-10)15(16,17)18/h2-7,9,20H,8H2,1H3,(H2,19,21)/t9-/m0/s1. The first-order valence-corrected chi connectivity index (χ1v) is 6.56. The van der Waals surface area contributed by atoms with Crippen molar-refractivity contribution in [2.75, 3.05) is 0 Å². The fourth-order valence-corrected chi connectivity index (χ4v) is 1.83. The van der Waals surface area contributed by atoms with Gasteiger partial charge in [0.05, 0.1) is 18.2 Å². The lowest BCUT2D eigenvalue weighted by molar-refractivity contribution is -0.137. The van der Waals surface area contributed by atoms with E-state index in [1.54, 1.807) is 19.1 Å². The van der Waals surface area contributed by atoms with Crippen LogP contribution in [0.1, 0.15) is 18.2 Å². The fourth-order valence-electron chi connectivity index (χ4n) is 1.83. The Kier molecular flexibility index (Phi) is 4.56. The summed E-state index contributed by atoms with van der Waals surface area (Å²) in [5, 5.41) is 2.85. The van der Waals surface area contributed by atoms with Crippen molar-refractivity contribution in [2.45, 2.75) is 25.7 Å². The maximum absolute atomic E-state index is 12.7. The molecular formula is C15H15F3N2O2. The fraction of sp³-hybridized carbons (Fsp3) is 0.267. The molecule has 0 aliphatic rings. The van der Waals surface area contributed by atoms with Crippen molar-refractivity contribution in [3.8, 4) is 11.3 Å². The van der Waals surface area contributed by atoms with Gasteiger partial charge in [-0.15, -0.1) is 0 Å². The van der Waals surface area contributed by atoms with Gasteiger partial charge < -0.3 is 10.2 Å². The average Bonchev–Trinajstić information content (AvgIpc) is 2.92. The summed E-state index contributed by atoms with van der Waals surface area (Å²) in [5.41, 5.74) is 4.72. The van der Waals surface area contributed by atoms with Crippen molar-refractivity contribution in [1.29, 1.82) is 0 Å². The molecule has 1 aromatic heterocycles. The van der Waals surface area contributed by atoms with Gasteiger partial charge in [-0.25, -0.2) is 0 Å². The normalized spacial score (nSPS) is 13.1. The van der Waals surface area contributed by atoms with Crippen molar-refractivity contribution in [2.24, 2.45) is 5.73 Å². The summed E-state index contributed by atoms with van der Waals surface area (Å²) in [6.45, 7) is 1.86. The second kappa shape index (κ2) is 6.23. The summed E-state index contributed by atoms with van der Waals surface area (Å²) in [5.74, 6) is 0.333. The molecule has 0 saturated carbocycles. The van der Waals surface area contributed by atoms with E-state index in [2.05, 4.69) is 5.32 Å². The molecule has 1 amide bonds. The second-order valence-corrected chi connectivity index (χ2v) is 4.85. The van der Waals surface area contributed by atoms with Gasteiger partial charge in [0.1, 0.15) is 11.5 Å². The molecule has 0 radical (unpaired) electrons. The molecule has 1 aromatic carbocycles. The summed E-state index contributed by atoms with van der Waals surface area (Å²) >= 11 is 0. The van der Waals surface area contributed by atoms with Crippen molar-refractivity contribution < 1.29 is 22.4 Å². The van der Waals surface area contributed by atoms with Gasteiger partial charge in [-0.1, -0.05) is 12.1 Å². The Hall–Kier alpha value is -2.28. The van der Waals surface area contributed by atoms with Gasteiger partial charge in [-0.05, 0) is 31.2 Å². The molecule has 4 nitrogen and oxygen atoms in total. The van der Waals surface area contributed by atoms with E-state index in [4.69, 9.17) is 10.2 Å². The molecule has 118 valence electrons. The maximum Gasteiger partial charge on any atom is 0.416 e. The van der Waals surface area contributed by atoms with Crippen LogP contribution in [0.4, 0.5) is 13.2 Å². The van der Waals surface area contributed by atoms with E-state index in [-0.39, 0.29) is 6.54 Å². The predicted molar refractivity (Wildman–Crippen MR) is 74.6 cm³/mol. The Morgan fingerprint density at radius 1 is 1.32 bits per heavy atom. The Morgan fingerprint density at radius 2 is 2.05 bits per heavy atom. The lowest BCUT2D eigenvalue weighted by Gasteiger charge is -2.08. The van der Waals surface area contributed by atoms with Crippen molar-refractivity contribution in [1.82, 2.24) is 5.32 Å². The number of benzene rings is 1. The summed E-state index contributed by atoms with van der Waals surface area (Å²) < 4.78 is 43.6. The number of carbonyl (C=O) groups excluding carboxylic acids is 1. The molecule has 7 heteroatoms. The molecule has 0 fully saturated rings. The molecule has 0 aliphatic heterocycles. The number of furan rings is 1. The maximum atomic E-state index is 12.7. The summed E-state index contributed by atoms with van der Waals surface area (Å²) in [6, 6.07) is 7.59. The van der Waals surface area contributed by atoms with Crippen LogP contribution in [-0.2, 0) is 17.5 Å². The number of carbonyl (C=O) groups is 1. The van der Waals surface area contributed by atoms with Crippen LogP contribution in [0.15, 0.2) is 40.8 Å². The predicted octanol–water partition coefficient (Wildman–Crippen LogP) is 2.93. The number of halogens is 3. The monoisotopic (exact) mass is 312 g/mol. The van der Waals surface area contributed by atoms with Crippen LogP contribution in [0.2, 0.25) is 0 Å². The highest BCUT2D eigenvalue weighted by Crippen LogP contribution is 2.32. The lowest BCUT2D eigenvalue weighted by Crippen LogP contribution is -2.38. The number of primary amides is 1. The average molecular weight is 312 g/mol. The van der Waals surface area contributed by atoms with E-state index in [1.807, 2.05) is 0 Å². The first kappa shape index (κ1) is 16.1. The third-order valence-corrected chi connectivity index (χ3v) is 3.15. The number of hydrogen-bond acceptors (Lipinski definition) is 3. The van der Waals surface area contributed by atoms with Crippen molar-refractivity contribution in [3.63, 3.8) is 0 Å². The van der Waals surface area contributed by atoms with Gasteiger partial charge in [0.2, 0.25) is 5.91 Å². The first-order chi connectivity index (χ1) is 10.3. The quantitative estimate of drug-likeness (QED) is 0.892. The Balaban J connectivity index is 2.13. The molecule has 0 saturated heterocycles. The number of rotatable bonds is 5. The highest BCUT2D eigenvalue weighted by molar-refractivity contribution is 5.79. The number of hydrogen-bond donors (Lipinski definition) is 2. The van der Waals surface area contributed by atoms with Crippen LogP contribution in [0, 0.1) is 0 Å². The highest BCUT2D eigenvalue weighted by Gasteiger charge is 2.30. The van der Waals surface area contributed by atoms with E-state index in [0.29, 0.717) is 17.1 Å². The summed E-state index contributed by atoms with van der Waals surface area (Å²) in [6.07, 6.45) is -4.40. The van der Waals surface area contributed by atoms with E-state index in [0.717, 1.165) is 12.1 Å². The smallest absolute Gasteiger partial charge is 0.416 e. The zero-order valence-corrected chi connectivity index (χ0v) is 11.8. The van der Waals surface area contributed by atoms with Crippen molar-refractivity contribution >= 4 is 5.91 Å². The Labute approximate surface area is 125 Å². The zero-order valence-electron chi connectivity index (χ0n) is 11.8. The topological polar surface area (TPSA) is 68.3 Å². The molecule has 22 heavy (non-hydrogen) atoms. The number of nitrogens with one attached hydrogen (secondary N) is 1. The Morgan fingerprint density at radius 3 is 2.68 bits per heavy atom. The van der Waals surface area contributed by atoms with Crippen LogP contribution >= 0.6 is 0 Å². The minimum Gasteiger partial charge on any atom is -0.460 e. The van der Waals surface area contributed by atoms with Gasteiger partial charge in [0, 0.05) is 5.56 Å². The van der Waals surface area contributed by atoms with E-state index in [1.165, 1.54) is 12.1 Å². The Bertz CT molecular complexity index is 665. The second-order valence-electron chi connectivity index (χ2n) is 4.85. The minimum absolute atomic E-state index is 0.253. The largest absolute Gasteiger partial charge is 0.460 e. The molecule has 2 rings (SSSR count). The number of amides is 1. The van der Waals surface area contributed by atoms with Crippen LogP contribution in [0.5, 0.6) is 0 Å². The van der Waals surface area contributed by atoms with Gasteiger partial charge in [-0.2, -0.15) is 13.2 Å². The molecule has 0 aliphatic carbocycles. The number of nitrogens with two attached hydrogens (primary N) is 1. The molecule has 0 bridgehead atoms. The van der Waals surface area contributed by atoms with Crippen LogP contribution < -0.4 is 11.1 Å². The van der Waals surface area contributed by atoms with E-state index >= 15 is 0 Å². The molecule has 0 spiro atoms. The molecule has 2 aromatic rings. The van der Waals surface area contributed by atoms with Crippen LogP contribution in [-0.4, -0.2) is 11.9 Å². The van der Waals surface area contributed by atoms with E-state index < -0.39 is 23.7 Å². The third kappa shape index (κ3) is 3.88. The SMILES string of the molecule is C[C@H](NCc1ccc(-c2cccc(C(F)(F)F)c2)o1)C(N)=O. The summed E-state index contributed by atoms with van der Waals surface area (Å²) in [7, 11) is 0. The molecule has 1 atom stereocenters. The molecule has 0 unspecified atom stereocenters. The lowest BCUT2D eigenvalue weighted by atomic mass is 10.1. The van der Waals surface area contributed by atoms with Crippen LogP contribution in [0.3, 0.4) is 0 Å². The van der Waals surface area contributed by atoms with Gasteiger partial charge >= 0.3 is 6.18 Å². The van der Waals surface area contributed by atoms with Gasteiger partial charge in [-0.3, -0.25) is 10.1 Å². The zero-order chi connectivity index (χ0) is 16.3.